The minimum absolute atomic E-state index is 0.286. The van der Waals surface area contributed by atoms with E-state index in [1.165, 1.54) is 0 Å². The first kappa shape index (κ1) is 33.1. The van der Waals surface area contributed by atoms with E-state index in [-0.39, 0.29) is 6.61 Å². The van der Waals surface area contributed by atoms with E-state index in [0.29, 0.717) is 11.1 Å². The normalized spacial score (nSPS) is 11.8. The van der Waals surface area contributed by atoms with Crippen molar-refractivity contribution in [3.8, 4) is 23.3 Å². The Hall–Kier alpha value is -7.05. The maximum absolute atomic E-state index is 10.3. The molecule has 1 heterocycles. The number of aromatic nitrogens is 2. The maximum atomic E-state index is 10.3. The fourth-order valence-electron chi connectivity index (χ4n) is 7.36. The Balaban J connectivity index is 1.31. The lowest BCUT2D eigenvalue weighted by Crippen LogP contribution is -2.37. The predicted molar refractivity (Wildman–Crippen MR) is 209 cm³/mol. The molecular formula is C48H34N4O. The average molecular weight is 683 g/mol. The van der Waals surface area contributed by atoms with Crippen LogP contribution in [0.25, 0.3) is 21.9 Å². The smallest absolute Gasteiger partial charge is 0.126 e. The van der Waals surface area contributed by atoms with Gasteiger partial charge in [0.15, 0.2) is 0 Å². The number of nitriles is 2. The van der Waals surface area contributed by atoms with Crippen molar-refractivity contribution in [2.75, 3.05) is 0 Å². The molecule has 8 aromatic rings. The van der Waals surface area contributed by atoms with Gasteiger partial charge >= 0.3 is 0 Å². The molecule has 8 rings (SSSR count). The molecule has 5 heteroatoms. The molecule has 0 radical (unpaired) electrons. The van der Waals surface area contributed by atoms with Crippen LogP contribution in [0.5, 0.6) is 0 Å². The second kappa shape index (κ2) is 14.7. The third-order valence-corrected chi connectivity index (χ3v) is 9.88. The molecule has 7 aromatic carbocycles. The molecule has 1 aromatic heterocycles. The Morgan fingerprint density at radius 3 is 1.83 bits per heavy atom. The van der Waals surface area contributed by atoms with Gasteiger partial charge in [0.2, 0.25) is 0 Å². The first-order chi connectivity index (χ1) is 26.2. The third kappa shape index (κ3) is 6.28. The number of imidazole rings is 1. The standard InChI is InChI=1S/C48H34N4O/c49-30-35-23-25-36(26-24-35)33-53-47(38-27-28-39(31-50)45(29-38)44-22-12-14-37-13-10-11-21-43(37)44)46-32-52(34-51-46)48(40-15-4-1-5-16-40,41-17-6-2-7-18-41)42-19-8-3-9-20-42/h1-29,32,34,47H,33H2. The molecule has 0 bridgehead atoms. The molecule has 0 N–H and O–H groups in total. The summed E-state index contributed by atoms with van der Waals surface area (Å²) in [4.78, 5) is 5.10. The molecule has 5 nitrogen and oxygen atoms in total. The van der Waals surface area contributed by atoms with Crippen LogP contribution in [-0.2, 0) is 16.9 Å². The summed E-state index contributed by atoms with van der Waals surface area (Å²) >= 11 is 0. The molecule has 0 aliphatic rings. The fraction of sp³-hybridized carbons (Fsp3) is 0.0625. The molecule has 0 amide bonds. The van der Waals surface area contributed by atoms with Gasteiger partial charge in [-0.15, -0.1) is 0 Å². The van der Waals surface area contributed by atoms with Gasteiger partial charge in [-0.3, -0.25) is 0 Å². The SMILES string of the molecule is N#Cc1ccc(COC(c2ccc(C#N)c(-c3cccc4ccccc34)c2)c2cn(C(c3ccccc3)(c3ccccc3)c3ccccc3)cn2)cc1. The third-order valence-electron chi connectivity index (χ3n) is 9.88. The van der Waals surface area contributed by atoms with Gasteiger partial charge in [0.1, 0.15) is 11.6 Å². The lowest BCUT2D eigenvalue weighted by molar-refractivity contribution is 0.0642. The van der Waals surface area contributed by atoms with Crippen molar-refractivity contribution < 1.29 is 4.74 Å². The van der Waals surface area contributed by atoms with Crippen LogP contribution in [0.4, 0.5) is 0 Å². The van der Waals surface area contributed by atoms with Gasteiger partial charge in [0.25, 0.3) is 0 Å². The van der Waals surface area contributed by atoms with Crippen LogP contribution in [0.2, 0.25) is 0 Å². The van der Waals surface area contributed by atoms with Crippen LogP contribution in [-0.4, -0.2) is 9.55 Å². The van der Waals surface area contributed by atoms with Crippen LogP contribution in [0, 0.1) is 22.7 Å². The Morgan fingerprint density at radius 1 is 0.604 bits per heavy atom. The van der Waals surface area contributed by atoms with Crippen LogP contribution in [0.15, 0.2) is 188 Å². The molecule has 1 atom stereocenters. The van der Waals surface area contributed by atoms with Gasteiger partial charge in [-0.25, -0.2) is 4.98 Å². The highest BCUT2D eigenvalue weighted by Gasteiger charge is 2.39. The highest BCUT2D eigenvalue weighted by Crippen LogP contribution is 2.42. The molecule has 0 aliphatic heterocycles. The number of hydrogen-bond donors (Lipinski definition) is 0. The molecule has 252 valence electrons. The highest BCUT2D eigenvalue weighted by atomic mass is 16.5. The van der Waals surface area contributed by atoms with Gasteiger partial charge in [0, 0.05) is 11.8 Å². The van der Waals surface area contributed by atoms with Crippen molar-refractivity contribution >= 4 is 10.8 Å². The van der Waals surface area contributed by atoms with Gasteiger partial charge in [0.05, 0.1) is 41.9 Å². The Kier molecular flexibility index (Phi) is 9.16. The van der Waals surface area contributed by atoms with Crippen molar-refractivity contribution in [2.45, 2.75) is 18.2 Å². The minimum Gasteiger partial charge on any atom is -0.362 e. The monoisotopic (exact) mass is 682 g/mol. The molecule has 0 saturated carbocycles. The molecule has 0 aliphatic carbocycles. The van der Waals surface area contributed by atoms with Crippen molar-refractivity contribution in [1.82, 2.24) is 9.55 Å². The summed E-state index contributed by atoms with van der Waals surface area (Å²) in [6.07, 6.45) is 3.40. The van der Waals surface area contributed by atoms with Crippen LogP contribution < -0.4 is 0 Å². The van der Waals surface area contributed by atoms with E-state index in [1.54, 1.807) is 12.1 Å². The van der Waals surface area contributed by atoms with E-state index in [9.17, 15) is 10.5 Å². The summed E-state index contributed by atoms with van der Waals surface area (Å²) in [6, 6.07) is 63.9. The Bertz CT molecular complexity index is 2480. The number of fused-ring (bicyclic) bond motifs is 1. The molecule has 53 heavy (non-hydrogen) atoms. The zero-order valence-corrected chi connectivity index (χ0v) is 28.9. The number of rotatable bonds is 10. The van der Waals surface area contributed by atoms with Gasteiger partial charge < -0.3 is 9.30 Å². The zero-order chi connectivity index (χ0) is 36.0. The van der Waals surface area contributed by atoms with E-state index >= 15 is 0 Å². The van der Waals surface area contributed by atoms with Crippen molar-refractivity contribution in [3.05, 3.63) is 233 Å². The largest absolute Gasteiger partial charge is 0.362 e. The molecule has 0 saturated heterocycles. The van der Waals surface area contributed by atoms with E-state index < -0.39 is 11.6 Å². The van der Waals surface area contributed by atoms with Gasteiger partial charge in [-0.2, -0.15) is 10.5 Å². The van der Waals surface area contributed by atoms with Crippen molar-refractivity contribution in [3.63, 3.8) is 0 Å². The average Bonchev–Trinajstić information content (AvgIpc) is 3.72. The number of nitrogens with zero attached hydrogens (tertiary/aromatic N) is 4. The highest BCUT2D eigenvalue weighted by molar-refractivity contribution is 5.97. The van der Waals surface area contributed by atoms with Crippen molar-refractivity contribution in [1.29, 1.82) is 10.5 Å². The van der Waals surface area contributed by atoms with Crippen LogP contribution in [0.1, 0.15) is 50.7 Å². The topological polar surface area (TPSA) is 74.6 Å². The summed E-state index contributed by atoms with van der Waals surface area (Å²) in [6.45, 7) is 0.286. The molecule has 0 fully saturated rings. The molecule has 1 unspecified atom stereocenters. The summed E-state index contributed by atoms with van der Waals surface area (Å²) in [5, 5.41) is 21.8. The summed E-state index contributed by atoms with van der Waals surface area (Å²) < 4.78 is 9.02. The zero-order valence-electron chi connectivity index (χ0n) is 28.9. The van der Waals surface area contributed by atoms with Crippen LogP contribution >= 0.6 is 0 Å². The Labute approximate surface area is 309 Å². The van der Waals surface area contributed by atoms with E-state index in [4.69, 9.17) is 9.72 Å². The molecular weight excluding hydrogens is 649 g/mol. The quantitative estimate of drug-likeness (QED) is 0.135. The Morgan fingerprint density at radius 2 is 1.21 bits per heavy atom. The predicted octanol–water partition coefficient (Wildman–Crippen LogP) is 10.6. The first-order valence-electron chi connectivity index (χ1n) is 17.5. The molecule has 0 spiro atoms. The lowest BCUT2D eigenvalue weighted by atomic mass is 9.77. The second-order valence-corrected chi connectivity index (χ2v) is 13.0. The van der Waals surface area contributed by atoms with E-state index in [1.807, 2.05) is 67.0 Å². The van der Waals surface area contributed by atoms with E-state index in [2.05, 4.69) is 126 Å². The van der Waals surface area contributed by atoms with Gasteiger partial charge in [-0.05, 0) is 68.4 Å². The fourth-order valence-corrected chi connectivity index (χ4v) is 7.36. The number of benzene rings is 7. The van der Waals surface area contributed by atoms with Gasteiger partial charge in [-0.1, -0.05) is 152 Å². The van der Waals surface area contributed by atoms with Crippen molar-refractivity contribution in [2.24, 2.45) is 0 Å². The maximum Gasteiger partial charge on any atom is 0.126 e. The van der Waals surface area contributed by atoms with Crippen LogP contribution in [0.3, 0.4) is 0 Å². The lowest BCUT2D eigenvalue weighted by Gasteiger charge is -2.37. The summed E-state index contributed by atoms with van der Waals surface area (Å²) in [7, 11) is 0. The number of ether oxygens (including phenoxy) is 1. The first-order valence-corrected chi connectivity index (χ1v) is 17.5. The van der Waals surface area contributed by atoms with E-state index in [0.717, 1.165) is 55.4 Å². The minimum atomic E-state index is -0.745. The summed E-state index contributed by atoms with van der Waals surface area (Å²) in [5.74, 6) is 0. The summed E-state index contributed by atoms with van der Waals surface area (Å²) in [5.41, 5.74) is 8.04. The number of hydrogen-bond acceptors (Lipinski definition) is 4. The second-order valence-electron chi connectivity index (χ2n) is 13.0.